The molecule has 0 aromatic carbocycles. The number of hydrogen-bond acceptors (Lipinski definition) is 3. The molecule has 3 fully saturated rings. The van der Waals surface area contributed by atoms with E-state index in [1.807, 2.05) is 0 Å². The normalized spacial score (nSPS) is 34.7. The van der Waals surface area contributed by atoms with Gasteiger partial charge in [0.15, 0.2) is 0 Å². The van der Waals surface area contributed by atoms with E-state index in [9.17, 15) is 0 Å². The van der Waals surface area contributed by atoms with Gasteiger partial charge in [-0.15, -0.1) is 0 Å². The molecule has 3 aliphatic rings. The van der Waals surface area contributed by atoms with Crippen LogP contribution in [0.1, 0.15) is 58.3 Å². The van der Waals surface area contributed by atoms with Crippen LogP contribution in [0.25, 0.3) is 0 Å². The van der Waals surface area contributed by atoms with Crippen molar-refractivity contribution >= 4 is 11.8 Å². The largest absolute Gasteiger partial charge is 0.329 e. The Morgan fingerprint density at radius 1 is 1.11 bits per heavy atom. The maximum Gasteiger partial charge on any atom is 0.0335 e. The molecule has 110 valence electrons. The summed E-state index contributed by atoms with van der Waals surface area (Å²) in [6.45, 7) is 4.54. The highest BCUT2D eigenvalue weighted by Gasteiger charge is 2.47. The maximum atomic E-state index is 6.27. The molecule has 2 aliphatic carbocycles. The fourth-order valence-corrected chi connectivity index (χ4v) is 5.92. The smallest absolute Gasteiger partial charge is 0.0335 e. The molecule has 1 atom stereocenters. The summed E-state index contributed by atoms with van der Waals surface area (Å²) in [6.07, 6.45) is 11.6. The number of hydrogen-bond donors (Lipinski definition) is 1. The molecule has 1 aliphatic heterocycles. The summed E-state index contributed by atoms with van der Waals surface area (Å²) in [5.41, 5.74) is 7.34. The van der Waals surface area contributed by atoms with Crippen molar-refractivity contribution in [2.45, 2.75) is 69.9 Å². The zero-order valence-electron chi connectivity index (χ0n) is 12.5. The van der Waals surface area contributed by atoms with Gasteiger partial charge in [0.05, 0.1) is 0 Å². The molecule has 3 rings (SSSR count). The predicted octanol–water partition coefficient (Wildman–Crippen LogP) is 3.26. The van der Waals surface area contributed by atoms with Gasteiger partial charge in [-0.2, -0.15) is 11.8 Å². The number of nitrogens with zero attached hydrogens (tertiary/aromatic N) is 1. The first-order valence-electron chi connectivity index (χ1n) is 8.24. The van der Waals surface area contributed by atoms with Crippen molar-refractivity contribution in [3.63, 3.8) is 0 Å². The standard InChI is InChI=1S/C16H30N2S/c1-14-12-19-11-10-18(14)16(13-17)8-6-15(7-9-16)4-2-3-5-15/h14H,2-13,17H2,1H3. The van der Waals surface area contributed by atoms with Crippen LogP contribution in [0.2, 0.25) is 0 Å². The molecule has 1 heterocycles. The second-order valence-corrected chi connectivity index (χ2v) is 8.40. The minimum atomic E-state index is 0.342. The molecule has 2 nitrogen and oxygen atoms in total. The molecule has 0 radical (unpaired) electrons. The topological polar surface area (TPSA) is 29.3 Å². The van der Waals surface area contributed by atoms with Crippen molar-refractivity contribution in [2.75, 3.05) is 24.6 Å². The third-order valence-corrected chi connectivity index (χ3v) is 7.45. The Hall–Kier alpha value is 0.270. The van der Waals surface area contributed by atoms with Gasteiger partial charge in [-0.1, -0.05) is 12.8 Å². The molecule has 1 unspecified atom stereocenters. The Balaban J connectivity index is 1.70. The van der Waals surface area contributed by atoms with Gasteiger partial charge in [0.2, 0.25) is 0 Å². The molecule has 0 amide bonds. The van der Waals surface area contributed by atoms with Crippen molar-refractivity contribution in [3.8, 4) is 0 Å². The molecule has 0 aromatic rings. The summed E-state index contributed by atoms with van der Waals surface area (Å²) in [5, 5.41) is 0. The summed E-state index contributed by atoms with van der Waals surface area (Å²) < 4.78 is 0. The van der Waals surface area contributed by atoms with Crippen LogP contribution < -0.4 is 5.73 Å². The highest BCUT2D eigenvalue weighted by atomic mass is 32.2. The summed E-state index contributed by atoms with van der Waals surface area (Å²) in [5.74, 6) is 2.60. The molecule has 0 aromatic heterocycles. The van der Waals surface area contributed by atoms with Crippen LogP contribution >= 0.6 is 11.8 Å². The van der Waals surface area contributed by atoms with E-state index in [4.69, 9.17) is 5.73 Å². The van der Waals surface area contributed by atoms with Crippen LogP contribution in [-0.4, -0.2) is 41.1 Å². The lowest BCUT2D eigenvalue weighted by Crippen LogP contribution is -2.61. The molecular formula is C16H30N2S. The van der Waals surface area contributed by atoms with Crippen molar-refractivity contribution in [2.24, 2.45) is 11.1 Å². The van der Waals surface area contributed by atoms with Crippen LogP contribution in [0.4, 0.5) is 0 Å². The average molecular weight is 282 g/mol. The maximum absolute atomic E-state index is 6.27. The third-order valence-electron chi connectivity index (χ3n) is 6.26. The zero-order chi connectivity index (χ0) is 13.3. The number of rotatable bonds is 2. The lowest BCUT2D eigenvalue weighted by molar-refractivity contribution is -0.00210. The molecule has 0 bridgehead atoms. The monoisotopic (exact) mass is 282 g/mol. The predicted molar refractivity (Wildman–Crippen MR) is 84.6 cm³/mol. The van der Waals surface area contributed by atoms with Gasteiger partial charge >= 0.3 is 0 Å². The van der Waals surface area contributed by atoms with Gasteiger partial charge < -0.3 is 5.73 Å². The molecule has 3 heteroatoms. The van der Waals surface area contributed by atoms with Gasteiger partial charge in [-0.3, -0.25) is 4.90 Å². The van der Waals surface area contributed by atoms with E-state index in [0.717, 1.165) is 18.0 Å². The van der Waals surface area contributed by atoms with Gasteiger partial charge in [0, 0.05) is 36.2 Å². The summed E-state index contributed by atoms with van der Waals surface area (Å²) in [7, 11) is 0. The van der Waals surface area contributed by atoms with E-state index in [2.05, 4.69) is 23.6 Å². The van der Waals surface area contributed by atoms with Crippen LogP contribution in [0, 0.1) is 5.41 Å². The fraction of sp³-hybridized carbons (Fsp3) is 1.00. The van der Waals surface area contributed by atoms with Gasteiger partial charge in [0.1, 0.15) is 0 Å². The van der Waals surface area contributed by atoms with Crippen LogP contribution in [0.15, 0.2) is 0 Å². The highest BCUT2D eigenvalue weighted by Crippen LogP contribution is 2.52. The van der Waals surface area contributed by atoms with Gasteiger partial charge in [-0.25, -0.2) is 0 Å². The fourth-order valence-electron chi connectivity index (χ4n) is 4.91. The molecule has 1 spiro atoms. The minimum Gasteiger partial charge on any atom is -0.329 e. The Bertz CT molecular complexity index is 302. The van der Waals surface area contributed by atoms with Crippen LogP contribution in [0.3, 0.4) is 0 Å². The van der Waals surface area contributed by atoms with Crippen molar-refractivity contribution in [1.29, 1.82) is 0 Å². The quantitative estimate of drug-likeness (QED) is 0.843. The van der Waals surface area contributed by atoms with Crippen molar-refractivity contribution in [1.82, 2.24) is 4.90 Å². The summed E-state index contributed by atoms with van der Waals surface area (Å²) in [4.78, 5) is 2.78. The highest BCUT2D eigenvalue weighted by molar-refractivity contribution is 7.99. The van der Waals surface area contributed by atoms with Crippen molar-refractivity contribution in [3.05, 3.63) is 0 Å². The lowest BCUT2D eigenvalue weighted by atomic mass is 9.65. The minimum absolute atomic E-state index is 0.342. The molecular weight excluding hydrogens is 252 g/mol. The number of nitrogens with two attached hydrogens (primary N) is 1. The van der Waals surface area contributed by atoms with E-state index >= 15 is 0 Å². The van der Waals surface area contributed by atoms with E-state index in [1.165, 1.54) is 69.4 Å². The lowest BCUT2D eigenvalue weighted by Gasteiger charge is -2.53. The first-order valence-corrected chi connectivity index (χ1v) is 9.40. The van der Waals surface area contributed by atoms with Crippen molar-refractivity contribution < 1.29 is 0 Å². The SMILES string of the molecule is CC1CSCCN1C1(CN)CCC2(CCCC2)CC1. The first-order chi connectivity index (χ1) is 9.20. The van der Waals surface area contributed by atoms with Gasteiger partial charge in [0.25, 0.3) is 0 Å². The Morgan fingerprint density at radius 3 is 2.37 bits per heavy atom. The second kappa shape index (κ2) is 5.57. The third kappa shape index (κ3) is 2.58. The summed E-state index contributed by atoms with van der Waals surface area (Å²) in [6, 6.07) is 0.722. The Kier molecular flexibility index (Phi) is 4.17. The van der Waals surface area contributed by atoms with Crippen LogP contribution in [-0.2, 0) is 0 Å². The van der Waals surface area contributed by atoms with E-state index < -0.39 is 0 Å². The first kappa shape index (κ1) is 14.2. The van der Waals surface area contributed by atoms with Gasteiger partial charge in [-0.05, 0) is 50.9 Å². The second-order valence-electron chi connectivity index (χ2n) is 7.25. The van der Waals surface area contributed by atoms with E-state index in [0.29, 0.717) is 5.54 Å². The summed E-state index contributed by atoms with van der Waals surface area (Å²) >= 11 is 2.12. The number of thioether (sulfide) groups is 1. The molecule has 1 saturated heterocycles. The molecule has 2 N–H and O–H groups in total. The average Bonchev–Trinajstić information content (AvgIpc) is 2.90. The zero-order valence-corrected chi connectivity index (χ0v) is 13.3. The van der Waals surface area contributed by atoms with E-state index in [1.54, 1.807) is 0 Å². The van der Waals surface area contributed by atoms with Crippen LogP contribution in [0.5, 0.6) is 0 Å². The Labute approximate surface area is 122 Å². The molecule has 19 heavy (non-hydrogen) atoms. The molecule has 2 saturated carbocycles. The Morgan fingerprint density at radius 2 is 1.79 bits per heavy atom. The van der Waals surface area contributed by atoms with E-state index in [-0.39, 0.29) is 0 Å².